The molecule has 0 saturated carbocycles. The molecule has 1 heterocycles. The normalized spacial score (nSPS) is 10.4. The van der Waals surface area contributed by atoms with Gasteiger partial charge in [-0.05, 0) is 31.5 Å². The standard InChI is InChI=1S/C13H15ClN4/c1-8-9(2)16-12(17-13(8)18-15)7-10-3-5-11(14)6-4-10/h3-6H,7,15H2,1-2H3,(H,16,17,18). The summed E-state index contributed by atoms with van der Waals surface area (Å²) >= 11 is 5.85. The Hall–Kier alpha value is -1.65. The second-order valence-electron chi connectivity index (χ2n) is 4.15. The first-order valence-electron chi connectivity index (χ1n) is 5.65. The minimum absolute atomic E-state index is 0.660. The van der Waals surface area contributed by atoms with Crippen LogP contribution in [0.3, 0.4) is 0 Å². The molecule has 2 aromatic rings. The minimum atomic E-state index is 0.660. The summed E-state index contributed by atoms with van der Waals surface area (Å²) in [7, 11) is 0. The van der Waals surface area contributed by atoms with Gasteiger partial charge in [0.05, 0.1) is 0 Å². The average molecular weight is 263 g/mol. The van der Waals surface area contributed by atoms with Gasteiger partial charge < -0.3 is 5.43 Å². The summed E-state index contributed by atoms with van der Waals surface area (Å²) in [4.78, 5) is 8.85. The SMILES string of the molecule is Cc1nc(Cc2ccc(Cl)cc2)nc(NN)c1C. The molecule has 0 radical (unpaired) electrons. The van der Waals surface area contributed by atoms with Gasteiger partial charge in [-0.25, -0.2) is 15.8 Å². The van der Waals surface area contributed by atoms with Crippen LogP contribution < -0.4 is 11.3 Å². The van der Waals surface area contributed by atoms with Crippen molar-refractivity contribution in [1.82, 2.24) is 9.97 Å². The molecular formula is C13H15ClN4. The monoisotopic (exact) mass is 262 g/mol. The van der Waals surface area contributed by atoms with E-state index < -0.39 is 0 Å². The Kier molecular flexibility index (Phi) is 3.79. The van der Waals surface area contributed by atoms with Gasteiger partial charge in [0, 0.05) is 22.7 Å². The number of rotatable bonds is 3. The average Bonchev–Trinajstić information content (AvgIpc) is 2.36. The van der Waals surface area contributed by atoms with Crippen LogP contribution in [0, 0.1) is 13.8 Å². The zero-order chi connectivity index (χ0) is 13.1. The molecule has 0 aliphatic heterocycles. The predicted molar refractivity (Wildman–Crippen MR) is 73.6 cm³/mol. The Bertz CT molecular complexity index is 552. The van der Waals surface area contributed by atoms with Crippen molar-refractivity contribution in [3.05, 3.63) is 51.9 Å². The molecule has 2 rings (SSSR count). The molecule has 1 aromatic heterocycles. The maximum absolute atomic E-state index is 5.85. The third-order valence-corrected chi connectivity index (χ3v) is 3.10. The number of aryl methyl sites for hydroxylation is 1. The van der Waals surface area contributed by atoms with Gasteiger partial charge in [0.15, 0.2) is 0 Å². The summed E-state index contributed by atoms with van der Waals surface area (Å²) in [6.45, 7) is 3.89. The van der Waals surface area contributed by atoms with E-state index in [9.17, 15) is 0 Å². The number of hydrogen-bond acceptors (Lipinski definition) is 4. The summed E-state index contributed by atoms with van der Waals surface area (Å²) in [5, 5.41) is 0.726. The lowest BCUT2D eigenvalue weighted by Gasteiger charge is -2.09. The molecule has 0 aliphatic carbocycles. The molecule has 0 saturated heterocycles. The molecule has 0 amide bonds. The third-order valence-electron chi connectivity index (χ3n) is 2.85. The highest BCUT2D eigenvalue weighted by Crippen LogP contribution is 2.16. The Morgan fingerprint density at radius 3 is 2.44 bits per heavy atom. The lowest BCUT2D eigenvalue weighted by Crippen LogP contribution is -2.13. The molecule has 5 heteroatoms. The van der Waals surface area contributed by atoms with E-state index in [4.69, 9.17) is 17.4 Å². The van der Waals surface area contributed by atoms with Crippen molar-refractivity contribution in [2.24, 2.45) is 5.84 Å². The first kappa shape index (κ1) is 12.8. The second kappa shape index (κ2) is 5.33. The fraction of sp³-hybridized carbons (Fsp3) is 0.231. The number of nitrogens with two attached hydrogens (primary N) is 1. The maximum Gasteiger partial charge on any atom is 0.146 e. The van der Waals surface area contributed by atoms with Crippen LogP contribution in [0.5, 0.6) is 0 Å². The Morgan fingerprint density at radius 2 is 1.83 bits per heavy atom. The highest BCUT2D eigenvalue weighted by Gasteiger charge is 2.07. The van der Waals surface area contributed by atoms with Crippen molar-refractivity contribution in [3.8, 4) is 0 Å². The van der Waals surface area contributed by atoms with E-state index in [1.807, 2.05) is 38.1 Å². The number of hydrazine groups is 1. The molecule has 4 nitrogen and oxygen atoms in total. The molecule has 0 fully saturated rings. The number of anilines is 1. The fourth-order valence-electron chi connectivity index (χ4n) is 1.69. The summed E-state index contributed by atoms with van der Waals surface area (Å²) in [5.74, 6) is 6.86. The van der Waals surface area contributed by atoms with Crippen molar-refractivity contribution in [1.29, 1.82) is 0 Å². The van der Waals surface area contributed by atoms with Gasteiger partial charge in [-0.15, -0.1) is 0 Å². The van der Waals surface area contributed by atoms with Crippen molar-refractivity contribution >= 4 is 17.4 Å². The summed E-state index contributed by atoms with van der Waals surface area (Å²) in [6.07, 6.45) is 0.660. The van der Waals surface area contributed by atoms with Gasteiger partial charge in [0.1, 0.15) is 11.6 Å². The molecule has 0 spiro atoms. The molecule has 0 aliphatic rings. The summed E-state index contributed by atoms with van der Waals surface area (Å²) in [5.41, 5.74) is 5.62. The van der Waals surface area contributed by atoms with Crippen LogP contribution >= 0.6 is 11.6 Å². The first-order valence-corrected chi connectivity index (χ1v) is 6.03. The highest BCUT2D eigenvalue weighted by atomic mass is 35.5. The van der Waals surface area contributed by atoms with Crippen LogP contribution in [0.1, 0.15) is 22.6 Å². The van der Waals surface area contributed by atoms with E-state index in [2.05, 4.69) is 15.4 Å². The van der Waals surface area contributed by atoms with Crippen LogP contribution in [0.4, 0.5) is 5.82 Å². The summed E-state index contributed by atoms with van der Waals surface area (Å²) < 4.78 is 0. The number of halogens is 1. The van der Waals surface area contributed by atoms with E-state index in [0.29, 0.717) is 12.2 Å². The zero-order valence-corrected chi connectivity index (χ0v) is 11.1. The number of aromatic nitrogens is 2. The number of hydrogen-bond donors (Lipinski definition) is 2. The minimum Gasteiger partial charge on any atom is -0.308 e. The van der Waals surface area contributed by atoms with Gasteiger partial charge in [-0.1, -0.05) is 23.7 Å². The van der Waals surface area contributed by atoms with E-state index >= 15 is 0 Å². The Balaban J connectivity index is 2.29. The van der Waals surface area contributed by atoms with E-state index in [1.165, 1.54) is 0 Å². The van der Waals surface area contributed by atoms with Crippen LogP contribution in [0.25, 0.3) is 0 Å². The second-order valence-corrected chi connectivity index (χ2v) is 4.58. The van der Waals surface area contributed by atoms with Gasteiger partial charge in [0.25, 0.3) is 0 Å². The lowest BCUT2D eigenvalue weighted by molar-refractivity contribution is 0.925. The van der Waals surface area contributed by atoms with Crippen LogP contribution in [0.2, 0.25) is 5.02 Å². The van der Waals surface area contributed by atoms with Gasteiger partial charge in [0.2, 0.25) is 0 Å². The third kappa shape index (κ3) is 2.78. The topological polar surface area (TPSA) is 63.8 Å². The largest absolute Gasteiger partial charge is 0.308 e. The maximum atomic E-state index is 5.85. The van der Waals surface area contributed by atoms with Crippen molar-refractivity contribution in [3.63, 3.8) is 0 Å². The molecule has 94 valence electrons. The molecule has 0 unspecified atom stereocenters. The number of nitrogen functional groups attached to an aromatic ring is 1. The van der Waals surface area contributed by atoms with Crippen LogP contribution in [0.15, 0.2) is 24.3 Å². The van der Waals surface area contributed by atoms with E-state index in [0.717, 1.165) is 27.7 Å². The van der Waals surface area contributed by atoms with E-state index in [-0.39, 0.29) is 0 Å². The van der Waals surface area contributed by atoms with E-state index in [1.54, 1.807) is 0 Å². The Labute approximate surface area is 111 Å². The Morgan fingerprint density at radius 1 is 1.17 bits per heavy atom. The van der Waals surface area contributed by atoms with Crippen molar-refractivity contribution in [2.45, 2.75) is 20.3 Å². The van der Waals surface area contributed by atoms with Gasteiger partial charge in [-0.2, -0.15) is 0 Å². The molecule has 0 atom stereocenters. The smallest absolute Gasteiger partial charge is 0.146 e. The summed E-state index contributed by atoms with van der Waals surface area (Å²) in [6, 6.07) is 7.66. The molecule has 3 N–H and O–H groups in total. The number of nitrogens with zero attached hydrogens (tertiary/aromatic N) is 2. The van der Waals surface area contributed by atoms with Crippen molar-refractivity contribution < 1.29 is 0 Å². The first-order chi connectivity index (χ1) is 8.60. The van der Waals surface area contributed by atoms with Gasteiger partial charge >= 0.3 is 0 Å². The quantitative estimate of drug-likeness (QED) is 0.659. The van der Waals surface area contributed by atoms with Crippen LogP contribution in [-0.4, -0.2) is 9.97 Å². The van der Waals surface area contributed by atoms with Gasteiger partial charge in [-0.3, -0.25) is 0 Å². The number of benzene rings is 1. The van der Waals surface area contributed by atoms with Crippen molar-refractivity contribution in [2.75, 3.05) is 5.43 Å². The zero-order valence-electron chi connectivity index (χ0n) is 10.4. The predicted octanol–water partition coefficient (Wildman–Crippen LogP) is 2.62. The lowest BCUT2D eigenvalue weighted by atomic mass is 10.1. The molecule has 1 aromatic carbocycles. The molecular weight excluding hydrogens is 248 g/mol. The van der Waals surface area contributed by atoms with Crippen LogP contribution in [-0.2, 0) is 6.42 Å². The fourth-order valence-corrected chi connectivity index (χ4v) is 1.82. The molecule has 18 heavy (non-hydrogen) atoms. The molecule has 0 bridgehead atoms. The highest BCUT2D eigenvalue weighted by molar-refractivity contribution is 6.30. The number of nitrogens with one attached hydrogen (secondary N) is 1.